The highest BCUT2D eigenvalue weighted by Gasteiger charge is 2.44. The number of rotatable bonds is 10. The summed E-state index contributed by atoms with van der Waals surface area (Å²) >= 11 is 0. The predicted molar refractivity (Wildman–Crippen MR) is 157 cm³/mol. The Balaban J connectivity index is 1.09. The van der Waals surface area contributed by atoms with E-state index in [0.29, 0.717) is 43.2 Å². The van der Waals surface area contributed by atoms with Crippen LogP contribution in [0.4, 0.5) is 0 Å². The van der Waals surface area contributed by atoms with Gasteiger partial charge < -0.3 is 19.9 Å². The molecule has 1 spiro atoms. The van der Waals surface area contributed by atoms with Crippen LogP contribution in [0, 0.1) is 0 Å². The molecule has 2 aliphatic rings. The quantitative estimate of drug-likeness (QED) is 0.362. The Kier molecular flexibility index (Phi) is 8.75. The van der Waals surface area contributed by atoms with Gasteiger partial charge in [0.25, 0.3) is 0 Å². The summed E-state index contributed by atoms with van der Waals surface area (Å²) in [4.78, 5) is 0.505. The molecule has 11 heteroatoms. The van der Waals surface area contributed by atoms with Crippen LogP contribution in [0.2, 0.25) is 0 Å². The molecule has 2 saturated heterocycles. The summed E-state index contributed by atoms with van der Waals surface area (Å²) in [6.07, 6.45) is 1.16. The first-order chi connectivity index (χ1) is 19.5. The van der Waals surface area contributed by atoms with E-state index < -0.39 is 31.2 Å². The lowest BCUT2D eigenvalue weighted by molar-refractivity contribution is -0.0312. The molecule has 9 nitrogen and oxygen atoms in total. The fraction of sp³-hybridized carbons (Fsp3) is 0.467. The number of ether oxygens (including phenoxy) is 2. The van der Waals surface area contributed by atoms with Gasteiger partial charge in [0.05, 0.1) is 27.2 Å². The van der Waals surface area contributed by atoms with Gasteiger partial charge in [0.2, 0.25) is 10.0 Å². The van der Waals surface area contributed by atoms with Gasteiger partial charge in [-0.2, -0.15) is 4.31 Å². The Morgan fingerprint density at radius 2 is 1.71 bits per heavy atom. The molecule has 0 amide bonds. The molecule has 0 bridgehead atoms. The van der Waals surface area contributed by atoms with Crippen LogP contribution in [0.5, 0.6) is 5.75 Å². The lowest BCUT2D eigenvalue weighted by atomic mass is 9.88. The Labute approximate surface area is 242 Å². The third-order valence-electron chi connectivity index (χ3n) is 8.04. The van der Waals surface area contributed by atoms with E-state index in [9.17, 15) is 21.9 Å². The van der Waals surface area contributed by atoms with Gasteiger partial charge in [-0.25, -0.2) is 16.8 Å². The van der Waals surface area contributed by atoms with Gasteiger partial charge in [-0.05, 0) is 74.2 Å². The van der Waals surface area contributed by atoms with Gasteiger partial charge in [0.1, 0.15) is 18.5 Å². The van der Waals surface area contributed by atoms with E-state index in [1.165, 1.54) is 6.07 Å². The third-order valence-corrected chi connectivity index (χ3v) is 12.1. The largest absolute Gasteiger partial charge is 0.491 e. The molecule has 2 N–H and O–H groups in total. The SMILES string of the molecule is CC(C)S(=O)(=O)c1cccc(OC[C@@H](O)CNC2COC3(CCN(S(=O)(=O)c4ccc5ccccc5c4)CC3)C2)c1. The molecule has 0 radical (unpaired) electrons. The first kappa shape index (κ1) is 29.9. The van der Waals surface area contributed by atoms with Crippen molar-refractivity contribution in [3.05, 3.63) is 66.7 Å². The second-order valence-corrected chi connectivity index (χ2v) is 15.7. The van der Waals surface area contributed by atoms with Crippen molar-refractivity contribution >= 4 is 30.6 Å². The second kappa shape index (κ2) is 12.0. The zero-order chi connectivity index (χ0) is 29.3. The number of nitrogens with one attached hydrogen (secondary N) is 1. The van der Waals surface area contributed by atoms with E-state index in [0.717, 1.165) is 17.2 Å². The Bertz CT molecular complexity index is 1580. The normalized spacial score (nSPS) is 20.5. The molecular weight excluding hydrogens is 564 g/mol. The highest BCUT2D eigenvalue weighted by molar-refractivity contribution is 7.92. The number of sulfone groups is 1. The first-order valence-corrected chi connectivity index (χ1v) is 17.0. The second-order valence-electron chi connectivity index (χ2n) is 11.2. The maximum absolute atomic E-state index is 13.3. The molecular formula is C30H38N2O7S2. The molecule has 5 rings (SSSR count). The Morgan fingerprint density at radius 1 is 0.976 bits per heavy atom. The third kappa shape index (κ3) is 6.60. The number of hydrogen-bond acceptors (Lipinski definition) is 8. The maximum atomic E-state index is 13.3. The van der Waals surface area contributed by atoms with Crippen LogP contribution in [-0.2, 0) is 24.6 Å². The summed E-state index contributed by atoms with van der Waals surface area (Å²) in [7, 11) is -7.01. The highest BCUT2D eigenvalue weighted by Crippen LogP contribution is 2.37. The van der Waals surface area contributed by atoms with Crippen LogP contribution >= 0.6 is 0 Å². The van der Waals surface area contributed by atoms with E-state index in [1.807, 2.05) is 30.3 Å². The number of aliphatic hydroxyl groups is 1. The Morgan fingerprint density at radius 3 is 2.44 bits per heavy atom. The monoisotopic (exact) mass is 602 g/mol. The highest BCUT2D eigenvalue weighted by atomic mass is 32.2. The average molecular weight is 603 g/mol. The lowest BCUT2D eigenvalue weighted by Crippen LogP contribution is -2.47. The van der Waals surface area contributed by atoms with Gasteiger partial charge in [0, 0.05) is 25.7 Å². The summed E-state index contributed by atoms with van der Waals surface area (Å²) in [5, 5.41) is 15.2. The summed E-state index contributed by atoms with van der Waals surface area (Å²) in [6, 6.07) is 19.3. The molecule has 3 aromatic carbocycles. The molecule has 0 saturated carbocycles. The molecule has 0 aromatic heterocycles. The van der Waals surface area contributed by atoms with Crippen molar-refractivity contribution < 1.29 is 31.4 Å². The zero-order valence-corrected chi connectivity index (χ0v) is 25.0. The minimum absolute atomic E-state index is 0.0124. The van der Waals surface area contributed by atoms with E-state index >= 15 is 0 Å². The van der Waals surface area contributed by atoms with Crippen LogP contribution in [0.3, 0.4) is 0 Å². The summed E-state index contributed by atoms with van der Waals surface area (Å²) in [6.45, 7) is 4.84. The number of hydrogen-bond donors (Lipinski definition) is 2. The fourth-order valence-corrected chi connectivity index (χ4v) is 8.07. The van der Waals surface area contributed by atoms with Crippen LogP contribution < -0.4 is 10.1 Å². The van der Waals surface area contributed by atoms with Gasteiger partial charge in [-0.15, -0.1) is 0 Å². The van der Waals surface area contributed by atoms with Crippen LogP contribution in [0.1, 0.15) is 33.1 Å². The van der Waals surface area contributed by atoms with Gasteiger partial charge in [0.15, 0.2) is 9.84 Å². The molecule has 3 aromatic rings. The number of nitrogens with zero attached hydrogens (tertiary/aromatic N) is 1. The molecule has 1 unspecified atom stereocenters. The molecule has 2 heterocycles. The van der Waals surface area contributed by atoms with Crippen LogP contribution in [0.15, 0.2) is 76.5 Å². The number of piperidine rings is 1. The lowest BCUT2D eigenvalue weighted by Gasteiger charge is -2.38. The standard InChI is InChI=1S/C30H38N2O7S2/c1-22(2)40(34,35)28-9-5-8-27(17-28)38-21-26(33)19-31-25-18-30(39-20-25)12-14-32(15-13-30)41(36,37)29-11-10-23-6-3-4-7-24(23)16-29/h3-11,16-17,22,25-26,31,33H,12-15,18-21H2,1-2H3/t25?,26-/m0/s1. The number of sulfonamides is 1. The molecule has 222 valence electrons. The van der Waals surface area contributed by atoms with Crippen molar-refractivity contribution in [1.29, 1.82) is 0 Å². The predicted octanol–water partition coefficient (Wildman–Crippen LogP) is 3.36. The average Bonchev–Trinajstić information content (AvgIpc) is 3.37. The van der Waals surface area contributed by atoms with Crippen molar-refractivity contribution in [2.24, 2.45) is 0 Å². The molecule has 2 fully saturated rings. The number of benzene rings is 3. The smallest absolute Gasteiger partial charge is 0.243 e. The molecule has 41 heavy (non-hydrogen) atoms. The van der Waals surface area contributed by atoms with Crippen molar-refractivity contribution in [2.75, 3.05) is 32.8 Å². The van der Waals surface area contributed by atoms with Gasteiger partial charge >= 0.3 is 0 Å². The van der Waals surface area contributed by atoms with Gasteiger partial charge in [-0.3, -0.25) is 0 Å². The molecule has 0 aliphatic carbocycles. The van der Waals surface area contributed by atoms with Crippen LogP contribution in [0.25, 0.3) is 10.8 Å². The zero-order valence-electron chi connectivity index (χ0n) is 23.4. The summed E-state index contributed by atoms with van der Waals surface area (Å²) in [5.41, 5.74) is -0.378. The molecule has 2 aliphatic heterocycles. The van der Waals surface area contributed by atoms with E-state index in [1.54, 1.807) is 48.5 Å². The topological polar surface area (TPSA) is 122 Å². The van der Waals surface area contributed by atoms with E-state index in [4.69, 9.17) is 9.47 Å². The summed E-state index contributed by atoms with van der Waals surface area (Å²) in [5.74, 6) is 0.388. The van der Waals surface area contributed by atoms with Crippen molar-refractivity contribution in [1.82, 2.24) is 9.62 Å². The number of aliphatic hydroxyl groups excluding tert-OH is 1. The number of fused-ring (bicyclic) bond motifs is 1. The minimum Gasteiger partial charge on any atom is -0.491 e. The van der Waals surface area contributed by atoms with Crippen molar-refractivity contribution in [3.8, 4) is 5.75 Å². The van der Waals surface area contributed by atoms with E-state index in [-0.39, 0.29) is 29.7 Å². The van der Waals surface area contributed by atoms with Crippen LogP contribution in [-0.4, -0.2) is 82.1 Å². The Hall–Kier alpha value is -2.54. The summed E-state index contributed by atoms with van der Waals surface area (Å²) < 4.78 is 64.9. The van der Waals surface area contributed by atoms with Crippen molar-refractivity contribution in [3.63, 3.8) is 0 Å². The van der Waals surface area contributed by atoms with Crippen molar-refractivity contribution in [2.45, 2.75) is 65.9 Å². The molecule has 2 atom stereocenters. The van der Waals surface area contributed by atoms with E-state index in [2.05, 4.69) is 5.32 Å². The fourth-order valence-electron chi connectivity index (χ4n) is 5.50. The maximum Gasteiger partial charge on any atom is 0.243 e. The van der Waals surface area contributed by atoms with Gasteiger partial charge in [-0.1, -0.05) is 36.4 Å². The first-order valence-electron chi connectivity index (χ1n) is 14.0. The minimum atomic E-state index is -3.60.